The van der Waals surface area contributed by atoms with Crippen molar-refractivity contribution in [3.05, 3.63) is 0 Å². The maximum absolute atomic E-state index is 3.45. The van der Waals surface area contributed by atoms with E-state index in [1.54, 1.807) is 0 Å². The number of nitrogens with one attached hydrogen (secondary N) is 1. The summed E-state index contributed by atoms with van der Waals surface area (Å²) in [6, 6.07) is 0. The summed E-state index contributed by atoms with van der Waals surface area (Å²) in [5, 5.41) is 3.45. The topological polar surface area (TPSA) is 12.0 Å². The van der Waals surface area contributed by atoms with E-state index in [0.29, 0.717) is 0 Å². The predicted octanol–water partition coefficient (Wildman–Crippen LogP) is 4.47. The molecule has 2 rings (SSSR count). The van der Waals surface area contributed by atoms with Crippen LogP contribution >= 0.6 is 0 Å². The summed E-state index contributed by atoms with van der Waals surface area (Å²) in [6.07, 6.45) is 11.9. The van der Waals surface area contributed by atoms with Crippen LogP contribution in [0, 0.1) is 29.6 Å². The minimum atomic E-state index is 0.961. The van der Waals surface area contributed by atoms with Crippen LogP contribution in [0.15, 0.2) is 0 Å². The van der Waals surface area contributed by atoms with Crippen LogP contribution in [0.3, 0.4) is 0 Å². The number of rotatable bonds is 4. The van der Waals surface area contributed by atoms with Crippen LogP contribution in [-0.4, -0.2) is 13.6 Å². The molecule has 0 radical (unpaired) electrons. The third-order valence-electron chi connectivity index (χ3n) is 5.82. The molecule has 0 amide bonds. The first-order valence-corrected chi connectivity index (χ1v) is 8.40. The molecule has 2 saturated carbocycles. The molecule has 5 atom stereocenters. The summed E-state index contributed by atoms with van der Waals surface area (Å²) in [7, 11) is 2.13. The summed E-state index contributed by atoms with van der Waals surface area (Å²) in [5.74, 6) is 5.04. The molecule has 1 N–H and O–H groups in total. The molecule has 0 saturated heterocycles. The lowest BCUT2D eigenvalue weighted by Crippen LogP contribution is -2.39. The van der Waals surface area contributed by atoms with Crippen molar-refractivity contribution in [2.75, 3.05) is 13.6 Å². The van der Waals surface area contributed by atoms with Crippen LogP contribution in [0.2, 0.25) is 0 Å². The van der Waals surface area contributed by atoms with Gasteiger partial charge in [-0.3, -0.25) is 0 Å². The van der Waals surface area contributed by atoms with Gasteiger partial charge in [0.1, 0.15) is 0 Å². The Hall–Kier alpha value is -0.0400. The highest BCUT2D eigenvalue weighted by atomic mass is 14.8. The van der Waals surface area contributed by atoms with Crippen LogP contribution in [0.4, 0.5) is 0 Å². The lowest BCUT2D eigenvalue weighted by atomic mass is 9.62. The van der Waals surface area contributed by atoms with Gasteiger partial charge in [-0.25, -0.2) is 0 Å². The average molecular weight is 251 g/mol. The molecule has 0 heterocycles. The van der Waals surface area contributed by atoms with Crippen molar-refractivity contribution in [2.24, 2.45) is 29.6 Å². The fourth-order valence-electron chi connectivity index (χ4n) is 4.83. The maximum Gasteiger partial charge on any atom is -0.00208 e. The van der Waals surface area contributed by atoms with Gasteiger partial charge in [-0.15, -0.1) is 0 Å². The summed E-state index contributed by atoms with van der Waals surface area (Å²) in [6.45, 7) is 6.15. The summed E-state index contributed by atoms with van der Waals surface area (Å²) >= 11 is 0. The van der Waals surface area contributed by atoms with Crippen LogP contribution in [0.1, 0.15) is 65.2 Å². The van der Waals surface area contributed by atoms with Gasteiger partial charge < -0.3 is 5.32 Å². The molecule has 5 unspecified atom stereocenters. The summed E-state index contributed by atoms with van der Waals surface area (Å²) in [4.78, 5) is 0. The van der Waals surface area contributed by atoms with Crippen LogP contribution in [-0.2, 0) is 0 Å². The zero-order valence-corrected chi connectivity index (χ0v) is 12.8. The van der Waals surface area contributed by atoms with Crippen molar-refractivity contribution in [2.45, 2.75) is 65.2 Å². The van der Waals surface area contributed by atoms with Gasteiger partial charge >= 0.3 is 0 Å². The molecular weight excluding hydrogens is 218 g/mol. The Morgan fingerprint density at radius 3 is 2.44 bits per heavy atom. The van der Waals surface area contributed by atoms with E-state index in [1.807, 2.05) is 0 Å². The van der Waals surface area contributed by atoms with Gasteiger partial charge in [-0.2, -0.15) is 0 Å². The van der Waals surface area contributed by atoms with Crippen LogP contribution in [0.5, 0.6) is 0 Å². The fraction of sp³-hybridized carbons (Fsp3) is 1.00. The van der Waals surface area contributed by atoms with E-state index >= 15 is 0 Å². The second-order valence-electron chi connectivity index (χ2n) is 7.02. The molecule has 2 fully saturated rings. The zero-order valence-electron chi connectivity index (χ0n) is 12.8. The van der Waals surface area contributed by atoms with Crippen molar-refractivity contribution in [1.82, 2.24) is 5.32 Å². The van der Waals surface area contributed by atoms with E-state index in [9.17, 15) is 0 Å². The molecule has 1 heteroatoms. The Kier molecular flexibility index (Phi) is 5.54. The molecule has 0 aromatic carbocycles. The second kappa shape index (κ2) is 6.93. The first-order valence-electron chi connectivity index (χ1n) is 8.40. The lowest BCUT2D eigenvalue weighted by molar-refractivity contribution is 0.0611. The van der Waals surface area contributed by atoms with Crippen LogP contribution < -0.4 is 5.32 Å². The molecule has 106 valence electrons. The van der Waals surface area contributed by atoms with Gasteiger partial charge in [-0.05, 0) is 62.4 Å². The van der Waals surface area contributed by atoms with Gasteiger partial charge in [0.15, 0.2) is 0 Å². The van der Waals surface area contributed by atoms with Gasteiger partial charge in [-0.1, -0.05) is 46.0 Å². The van der Waals surface area contributed by atoms with Crippen molar-refractivity contribution in [3.8, 4) is 0 Å². The van der Waals surface area contributed by atoms with E-state index in [-0.39, 0.29) is 0 Å². The normalized spacial score (nSPS) is 41.8. The maximum atomic E-state index is 3.45. The van der Waals surface area contributed by atoms with E-state index in [2.05, 4.69) is 26.2 Å². The van der Waals surface area contributed by atoms with Crippen LogP contribution in [0.25, 0.3) is 0 Å². The third kappa shape index (κ3) is 3.29. The molecule has 1 nitrogen and oxygen atoms in total. The highest BCUT2D eigenvalue weighted by Gasteiger charge is 2.37. The Bertz CT molecular complexity index is 238. The molecule has 2 aliphatic carbocycles. The zero-order chi connectivity index (χ0) is 13.0. The molecule has 0 spiro atoms. The third-order valence-corrected chi connectivity index (χ3v) is 5.82. The smallest absolute Gasteiger partial charge is 0.00208 e. The lowest BCUT2D eigenvalue weighted by Gasteiger charge is -2.44. The van der Waals surface area contributed by atoms with E-state index in [0.717, 1.165) is 29.6 Å². The minimum absolute atomic E-state index is 0.961. The quantitative estimate of drug-likeness (QED) is 0.777. The molecule has 0 aromatic heterocycles. The minimum Gasteiger partial charge on any atom is -0.319 e. The monoisotopic (exact) mass is 251 g/mol. The molecule has 0 aromatic rings. The summed E-state index contributed by atoms with van der Waals surface area (Å²) in [5.41, 5.74) is 0. The first kappa shape index (κ1) is 14.4. The van der Waals surface area contributed by atoms with Crippen molar-refractivity contribution >= 4 is 0 Å². The molecular formula is C17H33N. The Balaban J connectivity index is 2.04. The van der Waals surface area contributed by atoms with Gasteiger partial charge in [0.05, 0.1) is 0 Å². The van der Waals surface area contributed by atoms with Gasteiger partial charge in [0.2, 0.25) is 0 Å². The summed E-state index contributed by atoms with van der Waals surface area (Å²) < 4.78 is 0. The highest BCUT2D eigenvalue weighted by Crippen LogP contribution is 2.46. The van der Waals surface area contributed by atoms with E-state index in [4.69, 9.17) is 0 Å². The molecule has 0 aliphatic heterocycles. The van der Waals surface area contributed by atoms with Crippen molar-refractivity contribution < 1.29 is 0 Å². The van der Waals surface area contributed by atoms with Crippen molar-refractivity contribution in [1.29, 1.82) is 0 Å². The van der Waals surface area contributed by atoms with Gasteiger partial charge in [0, 0.05) is 0 Å². The first-order chi connectivity index (χ1) is 8.76. The number of hydrogen-bond donors (Lipinski definition) is 1. The SMILES string of the molecule is CCC1CCCCC1C1CC(C)CCC1CNC. The fourth-order valence-corrected chi connectivity index (χ4v) is 4.83. The van der Waals surface area contributed by atoms with Gasteiger partial charge in [0.25, 0.3) is 0 Å². The predicted molar refractivity (Wildman–Crippen MR) is 79.7 cm³/mol. The van der Waals surface area contributed by atoms with Crippen molar-refractivity contribution in [3.63, 3.8) is 0 Å². The Labute approximate surface area is 114 Å². The highest BCUT2D eigenvalue weighted by molar-refractivity contribution is 4.88. The van der Waals surface area contributed by atoms with E-state index in [1.165, 1.54) is 57.9 Å². The molecule has 0 bridgehead atoms. The molecule has 18 heavy (non-hydrogen) atoms. The Morgan fingerprint density at radius 1 is 0.944 bits per heavy atom. The number of hydrogen-bond acceptors (Lipinski definition) is 1. The molecule has 2 aliphatic rings. The van der Waals surface area contributed by atoms with E-state index < -0.39 is 0 Å². The average Bonchev–Trinajstić information content (AvgIpc) is 2.41. The largest absolute Gasteiger partial charge is 0.319 e. The Morgan fingerprint density at radius 2 is 1.72 bits per heavy atom. The standard InChI is InChI=1S/C17H33N/c1-4-14-7-5-6-8-16(14)17-11-13(2)9-10-15(17)12-18-3/h13-18H,4-12H2,1-3H3. The second-order valence-corrected chi connectivity index (χ2v) is 7.02.